The predicted molar refractivity (Wildman–Crippen MR) is 122 cm³/mol. The zero-order chi connectivity index (χ0) is 18.4. The second-order valence-electron chi connectivity index (χ2n) is 6.23. The monoisotopic (exact) mass is 496 g/mol. The van der Waals surface area contributed by atoms with Crippen LogP contribution in [0.1, 0.15) is 36.0 Å². The van der Waals surface area contributed by atoms with E-state index in [1.807, 2.05) is 47.4 Å². The summed E-state index contributed by atoms with van der Waals surface area (Å²) in [7, 11) is 1.77. The van der Waals surface area contributed by atoms with Gasteiger partial charge in [0.05, 0.1) is 24.1 Å². The first kappa shape index (κ1) is 21.4. The number of thiazole rings is 1. The third-order valence-electron chi connectivity index (χ3n) is 3.91. The van der Waals surface area contributed by atoms with Crippen molar-refractivity contribution in [3.8, 4) is 5.69 Å². The summed E-state index contributed by atoms with van der Waals surface area (Å²) < 4.78 is 1.87. The van der Waals surface area contributed by atoms with E-state index in [1.54, 1.807) is 18.4 Å². The van der Waals surface area contributed by atoms with Crippen LogP contribution in [0.4, 0.5) is 0 Å². The Balaban J connectivity index is 0.00000261. The highest BCUT2D eigenvalue weighted by Crippen LogP contribution is 2.17. The molecular formula is C19H25IN6S. The molecule has 3 rings (SSSR count). The molecule has 0 radical (unpaired) electrons. The third-order valence-corrected chi connectivity index (χ3v) is 4.78. The van der Waals surface area contributed by atoms with E-state index in [0.29, 0.717) is 19.0 Å². The molecule has 144 valence electrons. The number of aromatic nitrogens is 3. The Labute approximate surface area is 181 Å². The largest absolute Gasteiger partial charge is 0.352 e. The van der Waals surface area contributed by atoms with E-state index in [4.69, 9.17) is 0 Å². The topological polar surface area (TPSA) is 67.1 Å². The van der Waals surface area contributed by atoms with Crippen LogP contribution >= 0.6 is 35.3 Å². The first-order valence-corrected chi connectivity index (χ1v) is 9.51. The summed E-state index contributed by atoms with van der Waals surface area (Å²) in [5.41, 5.74) is 3.28. The average molecular weight is 496 g/mol. The molecule has 1 aromatic carbocycles. The van der Waals surface area contributed by atoms with E-state index < -0.39 is 0 Å². The number of halogens is 1. The van der Waals surface area contributed by atoms with Gasteiger partial charge in [0.15, 0.2) is 5.96 Å². The molecule has 0 saturated heterocycles. The Morgan fingerprint density at radius 3 is 2.59 bits per heavy atom. The molecule has 0 aliphatic carbocycles. The number of nitrogens with one attached hydrogen (secondary N) is 2. The van der Waals surface area contributed by atoms with Crippen molar-refractivity contribution in [3.63, 3.8) is 0 Å². The Morgan fingerprint density at radius 2 is 1.93 bits per heavy atom. The zero-order valence-corrected chi connectivity index (χ0v) is 18.9. The molecule has 0 spiro atoms. The summed E-state index contributed by atoms with van der Waals surface area (Å²) in [4.78, 5) is 8.90. The van der Waals surface area contributed by atoms with E-state index in [0.717, 1.165) is 27.9 Å². The molecule has 0 unspecified atom stereocenters. The molecule has 8 heteroatoms. The average Bonchev–Trinajstić information content (AvgIpc) is 3.32. The first-order valence-electron chi connectivity index (χ1n) is 8.63. The quantitative estimate of drug-likeness (QED) is 0.308. The van der Waals surface area contributed by atoms with Crippen LogP contribution in [0, 0.1) is 0 Å². The molecule has 3 aromatic rings. The molecule has 0 amide bonds. The minimum Gasteiger partial charge on any atom is -0.352 e. The number of para-hydroxylation sites is 1. The Hall–Kier alpha value is -1.94. The highest BCUT2D eigenvalue weighted by Gasteiger charge is 2.07. The van der Waals surface area contributed by atoms with Gasteiger partial charge in [-0.2, -0.15) is 5.10 Å². The molecule has 0 bridgehead atoms. The number of hydrogen-bond acceptors (Lipinski definition) is 4. The summed E-state index contributed by atoms with van der Waals surface area (Å²) >= 11 is 1.68. The van der Waals surface area contributed by atoms with Crippen molar-refractivity contribution < 1.29 is 0 Å². The van der Waals surface area contributed by atoms with E-state index in [-0.39, 0.29) is 24.0 Å². The second kappa shape index (κ2) is 10.4. The molecule has 0 atom stereocenters. The van der Waals surface area contributed by atoms with Gasteiger partial charge in [-0.25, -0.2) is 9.67 Å². The van der Waals surface area contributed by atoms with Gasteiger partial charge < -0.3 is 10.6 Å². The van der Waals surface area contributed by atoms with E-state index in [9.17, 15) is 0 Å². The minimum absolute atomic E-state index is 0. The Kier molecular flexibility index (Phi) is 8.23. The van der Waals surface area contributed by atoms with Crippen molar-refractivity contribution in [1.29, 1.82) is 0 Å². The molecule has 27 heavy (non-hydrogen) atoms. The van der Waals surface area contributed by atoms with Gasteiger partial charge in [0, 0.05) is 30.7 Å². The highest BCUT2D eigenvalue weighted by molar-refractivity contribution is 14.0. The van der Waals surface area contributed by atoms with Gasteiger partial charge in [0.25, 0.3) is 0 Å². The molecule has 0 aliphatic rings. The molecule has 0 saturated carbocycles. The van der Waals surface area contributed by atoms with Crippen molar-refractivity contribution in [2.75, 3.05) is 7.05 Å². The smallest absolute Gasteiger partial charge is 0.191 e. The van der Waals surface area contributed by atoms with Gasteiger partial charge in [0.2, 0.25) is 0 Å². The lowest BCUT2D eigenvalue weighted by molar-refractivity contribution is 0.785. The Bertz CT molecular complexity index is 856. The van der Waals surface area contributed by atoms with Crippen LogP contribution in [0.25, 0.3) is 5.69 Å². The van der Waals surface area contributed by atoms with Gasteiger partial charge in [0.1, 0.15) is 5.01 Å². The van der Waals surface area contributed by atoms with Crippen molar-refractivity contribution in [3.05, 3.63) is 64.4 Å². The number of aliphatic imine (C=N–C) groups is 1. The van der Waals surface area contributed by atoms with Crippen molar-refractivity contribution in [2.45, 2.75) is 32.9 Å². The van der Waals surface area contributed by atoms with Crippen LogP contribution < -0.4 is 10.6 Å². The minimum atomic E-state index is 0. The lowest BCUT2D eigenvalue weighted by atomic mass is 10.2. The number of hydrogen-bond donors (Lipinski definition) is 2. The van der Waals surface area contributed by atoms with Crippen molar-refractivity contribution in [1.82, 2.24) is 25.4 Å². The van der Waals surface area contributed by atoms with Crippen molar-refractivity contribution in [2.24, 2.45) is 4.99 Å². The fourth-order valence-electron chi connectivity index (χ4n) is 2.41. The normalized spacial score (nSPS) is 11.3. The van der Waals surface area contributed by atoms with Crippen LogP contribution in [0.2, 0.25) is 0 Å². The molecule has 2 N–H and O–H groups in total. The van der Waals surface area contributed by atoms with E-state index in [1.165, 1.54) is 0 Å². The fourth-order valence-corrected chi connectivity index (χ4v) is 3.31. The van der Waals surface area contributed by atoms with Gasteiger partial charge in [-0.3, -0.25) is 4.99 Å². The van der Waals surface area contributed by atoms with Gasteiger partial charge in [-0.15, -0.1) is 35.3 Å². The molecule has 2 aromatic heterocycles. The van der Waals surface area contributed by atoms with E-state index >= 15 is 0 Å². The van der Waals surface area contributed by atoms with Gasteiger partial charge >= 0.3 is 0 Å². The summed E-state index contributed by atoms with van der Waals surface area (Å²) in [5.74, 6) is 1.21. The van der Waals surface area contributed by atoms with Crippen LogP contribution in [-0.4, -0.2) is 27.8 Å². The standard InChI is InChI=1S/C19H24N6S.HI/c1-14(2)17-13-26-18(24-17)11-22-19(20-3)21-9-15-10-23-25(12-15)16-7-5-4-6-8-16;/h4-8,10,12-14H,9,11H2,1-3H3,(H2,20,21,22);1H. The molecule has 0 fully saturated rings. The number of rotatable bonds is 6. The second-order valence-corrected chi connectivity index (χ2v) is 7.17. The lowest BCUT2D eigenvalue weighted by Crippen LogP contribution is -2.36. The summed E-state index contributed by atoms with van der Waals surface area (Å²) in [5, 5.41) is 14.2. The van der Waals surface area contributed by atoms with Crippen LogP contribution in [0.5, 0.6) is 0 Å². The SMILES string of the molecule is CN=C(NCc1cnn(-c2ccccc2)c1)NCc1nc(C(C)C)cs1.I. The predicted octanol–water partition coefficient (Wildman–Crippen LogP) is 3.94. The number of benzene rings is 1. The van der Waals surface area contributed by atoms with E-state index in [2.05, 4.69) is 44.9 Å². The molecular weight excluding hydrogens is 471 g/mol. The lowest BCUT2D eigenvalue weighted by Gasteiger charge is -2.10. The molecule has 6 nitrogen and oxygen atoms in total. The highest BCUT2D eigenvalue weighted by atomic mass is 127. The molecule has 0 aliphatic heterocycles. The summed E-state index contributed by atoms with van der Waals surface area (Å²) in [6.45, 7) is 5.63. The molecule has 2 heterocycles. The van der Waals surface area contributed by atoms with Crippen LogP contribution in [0.3, 0.4) is 0 Å². The third kappa shape index (κ3) is 6.03. The van der Waals surface area contributed by atoms with Crippen LogP contribution in [-0.2, 0) is 13.1 Å². The zero-order valence-electron chi connectivity index (χ0n) is 15.7. The fraction of sp³-hybridized carbons (Fsp3) is 0.316. The maximum absolute atomic E-state index is 4.63. The summed E-state index contributed by atoms with van der Waals surface area (Å²) in [6, 6.07) is 10.1. The van der Waals surface area contributed by atoms with Gasteiger partial charge in [-0.1, -0.05) is 32.0 Å². The maximum Gasteiger partial charge on any atom is 0.191 e. The maximum atomic E-state index is 4.63. The number of nitrogens with zero attached hydrogens (tertiary/aromatic N) is 4. The first-order chi connectivity index (χ1) is 12.7. The Morgan fingerprint density at radius 1 is 1.19 bits per heavy atom. The summed E-state index contributed by atoms with van der Waals surface area (Å²) in [6.07, 6.45) is 3.88. The number of guanidine groups is 1. The van der Waals surface area contributed by atoms with Gasteiger partial charge in [-0.05, 0) is 18.1 Å². The van der Waals surface area contributed by atoms with Crippen molar-refractivity contribution >= 4 is 41.3 Å². The van der Waals surface area contributed by atoms with Crippen LogP contribution in [0.15, 0.2) is 53.1 Å².